The normalized spacial score (nSPS) is 18.3. The molecular weight excluding hydrogens is 322 g/mol. The SMILES string of the molecule is C[C@@H](c1ccc(-n2cncn2)cc1)N(C)C(=S)NC[C@H]1CCCO1. The van der Waals surface area contributed by atoms with E-state index >= 15 is 0 Å². The molecule has 1 aliphatic rings. The first kappa shape index (κ1) is 16.9. The van der Waals surface area contributed by atoms with Gasteiger partial charge in [0.2, 0.25) is 0 Å². The van der Waals surface area contributed by atoms with Gasteiger partial charge in [0.05, 0.1) is 17.8 Å². The Morgan fingerprint density at radius 3 is 2.88 bits per heavy atom. The van der Waals surface area contributed by atoms with E-state index in [1.54, 1.807) is 11.0 Å². The van der Waals surface area contributed by atoms with Crippen molar-refractivity contribution in [3.05, 3.63) is 42.5 Å². The third-order valence-electron chi connectivity index (χ3n) is 4.47. The van der Waals surface area contributed by atoms with E-state index in [1.807, 2.05) is 19.2 Å². The zero-order valence-corrected chi connectivity index (χ0v) is 14.9. The molecule has 0 saturated carbocycles. The Hall–Kier alpha value is -1.99. The minimum Gasteiger partial charge on any atom is -0.376 e. The molecule has 3 rings (SSSR count). The van der Waals surface area contributed by atoms with Crippen LogP contribution in [0.3, 0.4) is 0 Å². The van der Waals surface area contributed by atoms with Gasteiger partial charge in [0.25, 0.3) is 0 Å². The van der Waals surface area contributed by atoms with Gasteiger partial charge in [-0.1, -0.05) is 12.1 Å². The summed E-state index contributed by atoms with van der Waals surface area (Å²) in [7, 11) is 2.01. The summed E-state index contributed by atoms with van der Waals surface area (Å²) in [6.07, 6.45) is 5.76. The third-order valence-corrected chi connectivity index (χ3v) is 4.90. The van der Waals surface area contributed by atoms with Crippen LogP contribution in [0.1, 0.15) is 31.4 Å². The average molecular weight is 345 g/mol. The monoisotopic (exact) mass is 345 g/mol. The van der Waals surface area contributed by atoms with Crippen molar-refractivity contribution >= 4 is 17.3 Å². The number of nitrogens with one attached hydrogen (secondary N) is 1. The molecule has 2 atom stereocenters. The second-order valence-electron chi connectivity index (χ2n) is 6.04. The highest BCUT2D eigenvalue weighted by molar-refractivity contribution is 7.80. The Balaban J connectivity index is 1.57. The van der Waals surface area contributed by atoms with Crippen LogP contribution in [-0.2, 0) is 4.74 Å². The van der Waals surface area contributed by atoms with E-state index in [9.17, 15) is 0 Å². The first-order valence-electron chi connectivity index (χ1n) is 8.22. The number of hydrogen-bond acceptors (Lipinski definition) is 4. The zero-order valence-electron chi connectivity index (χ0n) is 14.1. The molecular formula is C17H23N5OS. The molecule has 128 valence electrons. The van der Waals surface area contributed by atoms with E-state index in [-0.39, 0.29) is 12.1 Å². The summed E-state index contributed by atoms with van der Waals surface area (Å²) >= 11 is 5.52. The molecule has 0 radical (unpaired) electrons. The number of nitrogens with zero attached hydrogens (tertiary/aromatic N) is 4. The Morgan fingerprint density at radius 2 is 2.25 bits per heavy atom. The molecule has 0 aliphatic carbocycles. The molecule has 1 aromatic heterocycles. The molecule has 0 spiro atoms. The van der Waals surface area contributed by atoms with Crippen molar-refractivity contribution in [3.8, 4) is 5.69 Å². The largest absolute Gasteiger partial charge is 0.376 e. The van der Waals surface area contributed by atoms with Crippen molar-refractivity contribution < 1.29 is 4.74 Å². The third kappa shape index (κ3) is 3.91. The number of ether oxygens (including phenoxy) is 1. The van der Waals surface area contributed by atoms with Crippen LogP contribution >= 0.6 is 12.2 Å². The van der Waals surface area contributed by atoms with Crippen LogP contribution in [0.25, 0.3) is 5.69 Å². The van der Waals surface area contributed by atoms with Crippen molar-refractivity contribution in [1.29, 1.82) is 0 Å². The van der Waals surface area contributed by atoms with Gasteiger partial charge in [-0.3, -0.25) is 0 Å². The minimum atomic E-state index is 0.180. The number of benzene rings is 1. The van der Waals surface area contributed by atoms with Crippen LogP contribution in [0.5, 0.6) is 0 Å². The lowest BCUT2D eigenvalue weighted by Gasteiger charge is -2.29. The highest BCUT2D eigenvalue weighted by Crippen LogP contribution is 2.20. The van der Waals surface area contributed by atoms with Gasteiger partial charge in [-0.15, -0.1) is 0 Å². The summed E-state index contributed by atoms with van der Waals surface area (Å²) in [5.41, 5.74) is 2.19. The number of thiocarbonyl (C=S) groups is 1. The van der Waals surface area contributed by atoms with Gasteiger partial charge in [-0.25, -0.2) is 9.67 Å². The average Bonchev–Trinajstić information content (AvgIpc) is 3.32. The number of rotatable bonds is 5. The summed E-state index contributed by atoms with van der Waals surface area (Å²) in [4.78, 5) is 6.05. The maximum atomic E-state index is 5.62. The predicted molar refractivity (Wildman–Crippen MR) is 97.1 cm³/mol. The molecule has 1 aromatic carbocycles. The van der Waals surface area contributed by atoms with Gasteiger partial charge in [0, 0.05) is 20.2 Å². The van der Waals surface area contributed by atoms with E-state index in [1.165, 1.54) is 11.9 Å². The molecule has 1 fully saturated rings. The molecule has 2 heterocycles. The van der Waals surface area contributed by atoms with Gasteiger partial charge < -0.3 is 15.0 Å². The lowest BCUT2D eigenvalue weighted by Crippen LogP contribution is -2.41. The second-order valence-corrected chi connectivity index (χ2v) is 6.43. The molecule has 1 aliphatic heterocycles. The maximum Gasteiger partial charge on any atom is 0.169 e. The standard InChI is InChI=1S/C17H23N5OS/c1-13(21(2)17(24)19-10-16-4-3-9-23-16)14-5-7-15(8-6-14)22-12-18-11-20-22/h5-8,11-13,16H,3-4,9-10H2,1-2H3,(H,19,24)/t13-,16+/m0/s1. The van der Waals surface area contributed by atoms with Crippen LogP contribution in [-0.4, -0.2) is 51.1 Å². The Kier molecular flexibility index (Phi) is 5.42. The summed E-state index contributed by atoms with van der Waals surface area (Å²) in [6, 6.07) is 8.45. The van der Waals surface area contributed by atoms with Gasteiger partial charge in [0.15, 0.2) is 5.11 Å². The van der Waals surface area contributed by atoms with E-state index in [2.05, 4.69) is 39.4 Å². The molecule has 6 nitrogen and oxygen atoms in total. The molecule has 0 amide bonds. The lowest BCUT2D eigenvalue weighted by atomic mass is 10.1. The summed E-state index contributed by atoms with van der Waals surface area (Å²) < 4.78 is 7.36. The second kappa shape index (κ2) is 7.72. The highest BCUT2D eigenvalue weighted by atomic mass is 32.1. The number of hydrogen-bond donors (Lipinski definition) is 1. The fourth-order valence-corrected chi connectivity index (χ4v) is 3.02. The quantitative estimate of drug-likeness (QED) is 0.840. The Labute approximate surface area is 147 Å². The number of aromatic nitrogens is 3. The van der Waals surface area contributed by atoms with Crippen molar-refractivity contribution in [2.45, 2.75) is 31.9 Å². The first-order chi connectivity index (χ1) is 11.6. The zero-order chi connectivity index (χ0) is 16.9. The van der Waals surface area contributed by atoms with E-state index < -0.39 is 0 Å². The van der Waals surface area contributed by atoms with Gasteiger partial charge >= 0.3 is 0 Å². The highest BCUT2D eigenvalue weighted by Gasteiger charge is 2.18. The van der Waals surface area contributed by atoms with Crippen LogP contribution in [0.4, 0.5) is 0 Å². The van der Waals surface area contributed by atoms with Gasteiger partial charge in [0.1, 0.15) is 12.7 Å². The first-order valence-corrected chi connectivity index (χ1v) is 8.63. The summed E-state index contributed by atoms with van der Waals surface area (Å²) in [5.74, 6) is 0. The molecule has 7 heteroatoms. The smallest absolute Gasteiger partial charge is 0.169 e. The van der Waals surface area contributed by atoms with Crippen molar-refractivity contribution in [2.24, 2.45) is 0 Å². The van der Waals surface area contributed by atoms with Crippen LogP contribution in [0.2, 0.25) is 0 Å². The van der Waals surface area contributed by atoms with Crippen molar-refractivity contribution in [2.75, 3.05) is 20.2 Å². The van der Waals surface area contributed by atoms with Crippen molar-refractivity contribution in [3.63, 3.8) is 0 Å². The van der Waals surface area contributed by atoms with Crippen molar-refractivity contribution in [1.82, 2.24) is 25.0 Å². The van der Waals surface area contributed by atoms with E-state index in [0.717, 1.165) is 36.8 Å². The fourth-order valence-electron chi connectivity index (χ4n) is 2.78. The lowest BCUT2D eigenvalue weighted by molar-refractivity contribution is 0.113. The topological polar surface area (TPSA) is 55.2 Å². The predicted octanol–water partition coefficient (Wildman–Crippen LogP) is 2.31. The Bertz CT molecular complexity index is 652. The molecule has 2 aromatic rings. The molecule has 0 unspecified atom stereocenters. The summed E-state index contributed by atoms with van der Waals surface area (Å²) in [6.45, 7) is 3.79. The summed E-state index contributed by atoms with van der Waals surface area (Å²) in [5, 5.41) is 8.21. The molecule has 0 bridgehead atoms. The Morgan fingerprint density at radius 1 is 1.46 bits per heavy atom. The van der Waals surface area contributed by atoms with Crippen LogP contribution < -0.4 is 5.32 Å². The molecule has 1 saturated heterocycles. The van der Waals surface area contributed by atoms with Gasteiger partial charge in [-0.05, 0) is 49.7 Å². The molecule has 24 heavy (non-hydrogen) atoms. The minimum absolute atomic E-state index is 0.180. The maximum absolute atomic E-state index is 5.62. The van der Waals surface area contributed by atoms with Crippen LogP contribution in [0.15, 0.2) is 36.9 Å². The van der Waals surface area contributed by atoms with Gasteiger partial charge in [-0.2, -0.15) is 5.10 Å². The van der Waals surface area contributed by atoms with E-state index in [0.29, 0.717) is 0 Å². The van der Waals surface area contributed by atoms with E-state index in [4.69, 9.17) is 17.0 Å². The molecule has 1 N–H and O–H groups in total. The van der Waals surface area contributed by atoms with Crippen LogP contribution in [0, 0.1) is 0 Å². The fraction of sp³-hybridized carbons (Fsp3) is 0.471.